The van der Waals surface area contributed by atoms with Crippen LogP contribution in [0, 0.1) is 0 Å². The molecule has 0 saturated heterocycles. The smallest absolute Gasteiger partial charge is 0.235 e. The van der Waals surface area contributed by atoms with Gasteiger partial charge < -0.3 is 10.4 Å². The van der Waals surface area contributed by atoms with Crippen molar-refractivity contribution in [2.45, 2.75) is 24.9 Å². The lowest BCUT2D eigenvalue weighted by atomic mass is 9.95. The normalized spacial score (nSPS) is 15.5. The summed E-state index contributed by atoms with van der Waals surface area (Å²) in [5, 5.41) is 12.7. The van der Waals surface area contributed by atoms with E-state index in [0.29, 0.717) is 10.7 Å². The number of rotatable bonds is 4. The molecule has 2 aromatic rings. The molecule has 0 heterocycles. The summed E-state index contributed by atoms with van der Waals surface area (Å²) in [5.41, 5.74) is 1.99. The zero-order valence-corrected chi connectivity index (χ0v) is 12.2. The maximum Gasteiger partial charge on any atom is 0.235 e. The van der Waals surface area contributed by atoms with Crippen LogP contribution in [0.1, 0.15) is 24.0 Å². The highest BCUT2D eigenvalue weighted by Gasteiger charge is 2.51. The second kappa shape index (κ2) is 5.51. The third-order valence-electron chi connectivity index (χ3n) is 3.93. The number of anilines is 1. The molecule has 3 rings (SSSR count). The van der Waals surface area contributed by atoms with Crippen molar-refractivity contribution in [2.75, 3.05) is 5.32 Å². The molecule has 3 nitrogen and oxygen atoms in total. The molecule has 1 aliphatic carbocycles. The van der Waals surface area contributed by atoms with Gasteiger partial charge >= 0.3 is 0 Å². The van der Waals surface area contributed by atoms with E-state index >= 15 is 0 Å². The van der Waals surface area contributed by atoms with Gasteiger partial charge in [-0.15, -0.1) is 0 Å². The van der Waals surface area contributed by atoms with Gasteiger partial charge in [0.25, 0.3) is 0 Å². The molecular formula is C17H16ClNO2. The maximum absolute atomic E-state index is 12.6. The first-order valence-corrected chi connectivity index (χ1v) is 7.29. The van der Waals surface area contributed by atoms with Crippen LogP contribution < -0.4 is 5.32 Å². The zero-order chi connectivity index (χ0) is 14.9. The van der Waals surface area contributed by atoms with E-state index in [0.717, 1.165) is 24.0 Å². The van der Waals surface area contributed by atoms with E-state index in [1.165, 1.54) is 0 Å². The molecule has 0 unspecified atom stereocenters. The second-order valence-corrected chi connectivity index (χ2v) is 5.84. The van der Waals surface area contributed by atoms with Crippen molar-refractivity contribution in [2.24, 2.45) is 0 Å². The summed E-state index contributed by atoms with van der Waals surface area (Å²) in [6, 6.07) is 14.7. The van der Waals surface area contributed by atoms with Crippen LogP contribution in [0.5, 0.6) is 0 Å². The Hall–Kier alpha value is -1.84. The summed E-state index contributed by atoms with van der Waals surface area (Å²) in [4.78, 5) is 12.6. The Bertz CT molecular complexity index is 680. The lowest BCUT2D eigenvalue weighted by molar-refractivity contribution is -0.118. The third kappa shape index (κ3) is 2.80. The SMILES string of the molecule is O=C(Nc1cccc(CO)c1)C1(c2cccc(Cl)c2)CC1. The summed E-state index contributed by atoms with van der Waals surface area (Å²) >= 11 is 6.02. The van der Waals surface area contributed by atoms with Crippen LogP contribution in [-0.2, 0) is 16.8 Å². The monoisotopic (exact) mass is 301 g/mol. The molecule has 1 saturated carbocycles. The number of amides is 1. The first kappa shape index (κ1) is 14.1. The van der Waals surface area contributed by atoms with E-state index in [9.17, 15) is 4.79 Å². The summed E-state index contributed by atoms with van der Waals surface area (Å²) in [6.45, 7) is -0.0385. The highest BCUT2D eigenvalue weighted by atomic mass is 35.5. The average molecular weight is 302 g/mol. The van der Waals surface area contributed by atoms with Gasteiger partial charge in [-0.2, -0.15) is 0 Å². The van der Waals surface area contributed by atoms with Crippen molar-refractivity contribution in [1.82, 2.24) is 0 Å². The quantitative estimate of drug-likeness (QED) is 0.908. The van der Waals surface area contributed by atoms with E-state index in [-0.39, 0.29) is 12.5 Å². The van der Waals surface area contributed by atoms with Gasteiger partial charge in [0.1, 0.15) is 0 Å². The Kier molecular flexibility index (Phi) is 3.70. The predicted molar refractivity (Wildman–Crippen MR) is 83.4 cm³/mol. The van der Waals surface area contributed by atoms with E-state index in [4.69, 9.17) is 16.7 Å². The molecular weight excluding hydrogens is 286 g/mol. The second-order valence-electron chi connectivity index (χ2n) is 5.41. The Balaban J connectivity index is 1.82. The van der Waals surface area contributed by atoms with Crippen LogP contribution in [0.3, 0.4) is 0 Å². The van der Waals surface area contributed by atoms with Crippen molar-refractivity contribution in [3.05, 3.63) is 64.7 Å². The minimum atomic E-state index is -0.458. The van der Waals surface area contributed by atoms with Crippen molar-refractivity contribution in [1.29, 1.82) is 0 Å². The number of nitrogens with one attached hydrogen (secondary N) is 1. The van der Waals surface area contributed by atoms with Gasteiger partial charge in [0, 0.05) is 10.7 Å². The van der Waals surface area contributed by atoms with Crippen LogP contribution in [0.4, 0.5) is 5.69 Å². The number of carbonyl (C=O) groups is 1. The summed E-state index contributed by atoms with van der Waals surface area (Å²) in [6.07, 6.45) is 1.66. The van der Waals surface area contributed by atoms with Gasteiger partial charge in [0.05, 0.1) is 12.0 Å². The van der Waals surface area contributed by atoms with Gasteiger partial charge in [-0.05, 0) is 48.2 Å². The van der Waals surface area contributed by atoms with E-state index in [1.54, 1.807) is 6.07 Å². The minimum absolute atomic E-state index is 0.0140. The Labute approximate surface area is 128 Å². The van der Waals surface area contributed by atoms with Crippen molar-refractivity contribution in [3.63, 3.8) is 0 Å². The number of halogens is 1. The first-order chi connectivity index (χ1) is 10.1. The topological polar surface area (TPSA) is 49.3 Å². The van der Waals surface area contributed by atoms with Crippen molar-refractivity contribution < 1.29 is 9.90 Å². The molecule has 0 atom stereocenters. The third-order valence-corrected chi connectivity index (χ3v) is 4.16. The molecule has 0 aromatic heterocycles. The molecule has 21 heavy (non-hydrogen) atoms. The minimum Gasteiger partial charge on any atom is -0.392 e. The molecule has 0 spiro atoms. The Morgan fingerprint density at radius 3 is 2.62 bits per heavy atom. The molecule has 0 aliphatic heterocycles. The number of carbonyl (C=O) groups excluding carboxylic acids is 1. The van der Waals surface area contributed by atoms with Crippen LogP contribution in [0.25, 0.3) is 0 Å². The molecule has 1 aliphatic rings. The molecule has 1 amide bonds. The fraction of sp³-hybridized carbons (Fsp3) is 0.235. The van der Waals surface area contributed by atoms with Gasteiger partial charge in [0.2, 0.25) is 5.91 Å². The summed E-state index contributed by atoms with van der Waals surface area (Å²) < 4.78 is 0. The number of benzene rings is 2. The molecule has 0 bridgehead atoms. The van der Waals surface area contributed by atoms with E-state index < -0.39 is 5.41 Å². The van der Waals surface area contributed by atoms with E-state index in [2.05, 4.69) is 5.32 Å². The van der Waals surface area contributed by atoms with Crippen molar-refractivity contribution in [3.8, 4) is 0 Å². The number of aliphatic hydroxyl groups excluding tert-OH is 1. The summed E-state index contributed by atoms with van der Waals surface area (Å²) in [5.74, 6) is -0.0140. The van der Waals surface area contributed by atoms with Crippen molar-refractivity contribution >= 4 is 23.2 Å². The van der Waals surface area contributed by atoms with E-state index in [1.807, 2.05) is 42.5 Å². The van der Waals surface area contributed by atoms with Crippen LogP contribution >= 0.6 is 11.6 Å². The molecule has 1 fully saturated rings. The average Bonchev–Trinajstić information content (AvgIpc) is 3.29. The Morgan fingerprint density at radius 2 is 1.95 bits per heavy atom. The Morgan fingerprint density at radius 1 is 1.19 bits per heavy atom. The first-order valence-electron chi connectivity index (χ1n) is 6.91. The van der Waals surface area contributed by atoms with Gasteiger partial charge in [0.15, 0.2) is 0 Å². The molecule has 0 radical (unpaired) electrons. The largest absolute Gasteiger partial charge is 0.392 e. The van der Waals surface area contributed by atoms with Gasteiger partial charge in [-0.3, -0.25) is 4.79 Å². The molecule has 2 aromatic carbocycles. The number of aliphatic hydroxyl groups is 1. The molecule has 4 heteroatoms. The van der Waals surface area contributed by atoms with Crippen LogP contribution in [0.2, 0.25) is 5.02 Å². The number of hydrogen-bond donors (Lipinski definition) is 2. The fourth-order valence-corrected chi connectivity index (χ4v) is 2.75. The summed E-state index contributed by atoms with van der Waals surface area (Å²) in [7, 11) is 0. The molecule has 108 valence electrons. The molecule has 2 N–H and O–H groups in total. The van der Waals surface area contributed by atoms with Crippen LogP contribution in [-0.4, -0.2) is 11.0 Å². The highest BCUT2D eigenvalue weighted by Crippen LogP contribution is 2.49. The lowest BCUT2D eigenvalue weighted by Crippen LogP contribution is -2.27. The predicted octanol–water partition coefficient (Wildman–Crippen LogP) is 3.50. The zero-order valence-electron chi connectivity index (χ0n) is 11.5. The van der Waals surface area contributed by atoms with Gasteiger partial charge in [-0.1, -0.05) is 35.9 Å². The number of hydrogen-bond acceptors (Lipinski definition) is 2. The maximum atomic E-state index is 12.6. The fourth-order valence-electron chi connectivity index (χ4n) is 2.56. The standard InChI is InChI=1S/C17H16ClNO2/c18-14-5-2-4-13(10-14)17(7-8-17)16(21)19-15-6-1-3-12(9-15)11-20/h1-6,9-10,20H,7-8,11H2,(H,19,21). The lowest BCUT2D eigenvalue weighted by Gasteiger charge is -2.16. The highest BCUT2D eigenvalue weighted by molar-refractivity contribution is 6.30. The van der Waals surface area contributed by atoms with Crippen LogP contribution in [0.15, 0.2) is 48.5 Å². The van der Waals surface area contributed by atoms with Gasteiger partial charge in [-0.25, -0.2) is 0 Å².